The Kier molecular flexibility index (Phi) is 6.48. The van der Waals surface area contributed by atoms with Crippen LogP contribution >= 0.6 is 7.14 Å². The zero-order chi connectivity index (χ0) is 31.4. The lowest BCUT2D eigenvalue weighted by atomic mass is 9.88. The summed E-state index contributed by atoms with van der Waals surface area (Å²) in [6.07, 6.45) is 5.37. The van der Waals surface area contributed by atoms with Gasteiger partial charge in [-0.1, -0.05) is 121 Å². The topological polar surface area (TPSA) is 23.6 Å². The van der Waals surface area contributed by atoms with Crippen LogP contribution in [0.2, 0.25) is 0 Å². The second-order valence-corrected chi connectivity index (χ2v) is 14.8. The van der Waals surface area contributed by atoms with Gasteiger partial charge in [0.25, 0.3) is 0 Å². The molecule has 47 heavy (non-hydrogen) atoms. The second kappa shape index (κ2) is 11.0. The summed E-state index contributed by atoms with van der Waals surface area (Å²) >= 11 is 0. The smallest absolute Gasteiger partial charge is 0.171 e. The highest BCUT2D eigenvalue weighted by molar-refractivity contribution is 7.85. The number of benzene rings is 7. The molecule has 0 atom stereocenters. The maximum absolute atomic E-state index is 15.2. The summed E-state index contributed by atoms with van der Waals surface area (Å²) < 4.78 is 15.2. The molecule has 0 unspecified atom stereocenters. The van der Waals surface area contributed by atoms with Crippen molar-refractivity contribution in [2.75, 3.05) is 9.80 Å². The summed E-state index contributed by atoms with van der Waals surface area (Å²) in [5.74, 6) is 0. The van der Waals surface area contributed by atoms with Crippen molar-refractivity contribution in [1.82, 2.24) is 0 Å². The summed E-state index contributed by atoms with van der Waals surface area (Å²) in [6.45, 7) is 0. The van der Waals surface area contributed by atoms with Gasteiger partial charge in [0.15, 0.2) is 7.14 Å². The Morgan fingerprint density at radius 1 is 0.489 bits per heavy atom. The Morgan fingerprint density at radius 3 is 1.70 bits per heavy atom. The van der Waals surface area contributed by atoms with E-state index in [1.165, 1.54) is 27.6 Å². The minimum Gasteiger partial charge on any atom is -0.309 e. The number of allylic oxidation sites excluding steroid dienone is 1. The third-order valence-electron chi connectivity index (χ3n) is 9.42. The number of rotatable bonds is 5. The maximum atomic E-state index is 15.2. The number of fused-ring (bicyclic) bond motifs is 3. The Bertz CT molecular complexity index is 2310. The van der Waals surface area contributed by atoms with E-state index in [9.17, 15) is 0 Å². The molecule has 7 aromatic rings. The van der Waals surface area contributed by atoms with Gasteiger partial charge in [-0.05, 0) is 82.9 Å². The van der Waals surface area contributed by atoms with Gasteiger partial charge in [0.1, 0.15) is 0 Å². The fraction of sp³-hybridized carbons (Fsp3) is 0.0233. The first-order valence-corrected chi connectivity index (χ1v) is 17.7. The molecule has 0 saturated carbocycles. The quantitative estimate of drug-likeness (QED) is 0.179. The molecule has 224 valence electrons. The van der Waals surface area contributed by atoms with E-state index in [0.29, 0.717) is 0 Å². The van der Waals surface area contributed by atoms with E-state index in [1.807, 2.05) is 60.7 Å². The minimum absolute atomic E-state index is 0.820. The molecule has 0 aromatic heterocycles. The average molecular weight is 623 g/mol. The third-order valence-corrected chi connectivity index (χ3v) is 12.5. The lowest BCUT2D eigenvalue weighted by Crippen LogP contribution is -2.27. The minimum atomic E-state index is -3.10. The van der Waals surface area contributed by atoms with Gasteiger partial charge in [-0.15, -0.1) is 0 Å². The highest BCUT2D eigenvalue weighted by atomic mass is 31.2. The predicted molar refractivity (Wildman–Crippen MR) is 199 cm³/mol. The van der Waals surface area contributed by atoms with Crippen LogP contribution in [0.1, 0.15) is 11.1 Å². The van der Waals surface area contributed by atoms with E-state index < -0.39 is 7.14 Å². The molecule has 0 amide bonds. The van der Waals surface area contributed by atoms with Crippen LogP contribution in [0.15, 0.2) is 170 Å². The van der Waals surface area contributed by atoms with Crippen LogP contribution in [0.5, 0.6) is 0 Å². The van der Waals surface area contributed by atoms with Crippen molar-refractivity contribution < 1.29 is 4.57 Å². The molecule has 3 nitrogen and oxygen atoms in total. The summed E-state index contributed by atoms with van der Waals surface area (Å²) in [7, 11) is -3.10. The number of hydrogen-bond donors (Lipinski definition) is 0. The molecule has 1 heterocycles. The van der Waals surface area contributed by atoms with Crippen LogP contribution < -0.4 is 25.7 Å². The fourth-order valence-corrected chi connectivity index (χ4v) is 10.0. The molecule has 9 rings (SSSR count). The molecule has 0 saturated heterocycles. The average Bonchev–Trinajstić information content (AvgIpc) is 3.15. The lowest BCUT2D eigenvalue weighted by molar-refractivity contribution is 0.592. The largest absolute Gasteiger partial charge is 0.309 e. The molecule has 0 spiro atoms. The van der Waals surface area contributed by atoms with Gasteiger partial charge in [0, 0.05) is 27.3 Å². The van der Waals surface area contributed by atoms with Crippen molar-refractivity contribution in [3.05, 3.63) is 181 Å². The first kappa shape index (κ1) is 27.7. The van der Waals surface area contributed by atoms with Crippen molar-refractivity contribution in [3.8, 4) is 0 Å². The first-order valence-electron chi connectivity index (χ1n) is 16.0. The maximum Gasteiger partial charge on any atom is 0.171 e. The van der Waals surface area contributed by atoms with E-state index in [-0.39, 0.29) is 0 Å². The molecular weight excluding hydrogens is 591 g/mol. The lowest BCUT2D eigenvalue weighted by Gasteiger charge is -2.42. The van der Waals surface area contributed by atoms with Crippen LogP contribution in [0.4, 0.5) is 34.1 Å². The van der Waals surface area contributed by atoms with Crippen LogP contribution in [-0.2, 0) is 11.0 Å². The third kappa shape index (κ3) is 4.31. The van der Waals surface area contributed by atoms with Crippen molar-refractivity contribution in [3.63, 3.8) is 0 Å². The number of para-hydroxylation sites is 3. The highest BCUT2D eigenvalue weighted by Gasteiger charge is 2.35. The van der Waals surface area contributed by atoms with Crippen LogP contribution in [0.25, 0.3) is 16.8 Å². The summed E-state index contributed by atoms with van der Waals surface area (Å²) in [6, 6.07) is 56.4. The zero-order valence-electron chi connectivity index (χ0n) is 25.7. The van der Waals surface area contributed by atoms with E-state index in [2.05, 4.69) is 125 Å². The normalized spacial score (nSPS) is 13.4. The molecule has 0 fully saturated rings. The Morgan fingerprint density at radius 2 is 1.04 bits per heavy atom. The molecule has 0 N–H and O–H groups in total. The number of nitrogens with zero attached hydrogens (tertiary/aromatic N) is 2. The van der Waals surface area contributed by atoms with Gasteiger partial charge in [0.05, 0.1) is 22.7 Å². The van der Waals surface area contributed by atoms with Gasteiger partial charge in [-0.25, -0.2) is 0 Å². The Balaban J connectivity index is 1.28. The molecule has 0 radical (unpaired) electrons. The summed E-state index contributed by atoms with van der Waals surface area (Å²) in [5, 5.41) is 5.03. The van der Waals surface area contributed by atoms with E-state index in [1.54, 1.807) is 0 Å². The fourth-order valence-electron chi connectivity index (χ4n) is 7.36. The SMILES string of the molecule is O=P(c1ccccc1)(c1ccccc1)c1ccc(N2c3ccccc3N(c3ccccc3)c3cc4cccc5c4c(c32)CC=C5)cc1. The predicted octanol–water partition coefficient (Wildman–Crippen LogP) is 10.3. The van der Waals surface area contributed by atoms with Gasteiger partial charge >= 0.3 is 0 Å². The molecule has 2 aliphatic rings. The van der Waals surface area contributed by atoms with Crippen LogP contribution in [0, 0.1) is 0 Å². The number of anilines is 6. The van der Waals surface area contributed by atoms with Crippen molar-refractivity contribution in [2.24, 2.45) is 0 Å². The molecule has 7 aromatic carbocycles. The molecule has 4 heteroatoms. The van der Waals surface area contributed by atoms with Crippen molar-refractivity contribution in [2.45, 2.75) is 6.42 Å². The second-order valence-electron chi connectivity index (χ2n) is 12.1. The van der Waals surface area contributed by atoms with E-state index in [0.717, 1.165) is 50.8 Å². The van der Waals surface area contributed by atoms with Crippen molar-refractivity contribution >= 4 is 74.0 Å². The Hall–Kier alpha value is -5.63. The molecular formula is C43H31N2OP. The van der Waals surface area contributed by atoms with E-state index in [4.69, 9.17) is 0 Å². The van der Waals surface area contributed by atoms with Gasteiger partial charge in [0.2, 0.25) is 0 Å². The Labute approximate surface area is 275 Å². The van der Waals surface area contributed by atoms with Crippen molar-refractivity contribution in [1.29, 1.82) is 0 Å². The standard InChI is InChI=1S/C43H31N2OP/c46-47(35-19-6-2-7-20-35,36-21-8-3-9-22-36)37-28-26-34(27-29-37)45-40-25-11-10-24-39(40)44(33-17-4-1-5-18-33)41-30-32-16-12-14-31-15-13-23-38(42(31)32)43(41)45/h1-22,24-30H,23H2. The number of hydrogen-bond acceptors (Lipinski definition) is 3. The molecule has 1 aliphatic heterocycles. The monoisotopic (exact) mass is 622 g/mol. The van der Waals surface area contributed by atoms with Crippen LogP contribution in [0.3, 0.4) is 0 Å². The van der Waals surface area contributed by atoms with E-state index >= 15 is 4.57 Å². The highest BCUT2D eigenvalue weighted by Crippen LogP contribution is 2.57. The summed E-state index contributed by atoms with van der Waals surface area (Å²) in [5.41, 5.74) is 9.26. The zero-order valence-corrected chi connectivity index (χ0v) is 26.6. The summed E-state index contributed by atoms with van der Waals surface area (Å²) in [4.78, 5) is 4.81. The first-order chi connectivity index (χ1) is 23.2. The molecule has 1 aliphatic carbocycles. The van der Waals surface area contributed by atoms with Gasteiger partial charge < -0.3 is 14.4 Å². The van der Waals surface area contributed by atoms with Crippen LogP contribution in [-0.4, -0.2) is 0 Å². The van der Waals surface area contributed by atoms with Gasteiger partial charge in [-0.3, -0.25) is 0 Å². The molecule has 0 bridgehead atoms. The van der Waals surface area contributed by atoms with Gasteiger partial charge in [-0.2, -0.15) is 0 Å².